The van der Waals surface area contributed by atoms with Gasteiger partial charge in [-0.25, -0.2) is 4.98 Å². The van der Waals surface area contributed by atoms with E-state index in [4.69, 9.17) is 0 Å². The number of hydrogen-bond donors (Lipinski definition) is 0. The zero-order valence-corrected chi connectivity index (χ0v) is 17.1. The zero-order chi connectivity index (χ0) is 19.7. The van der Waals surface area contributed by atoms with Gasteiger partial charge in [-0.2, -0.15) is 0 Å². The monoisotopic (exact) mass is 380 g/mol. The number of Topliss-reactive ketones (excluding diaryl/α,β-unsaturated/α-hetero) is 1. The minimum Gasteiger partial charge on any atom is -0.293 e. The quantitative estimate of drug-likeness (QED) is 0.357. The molecule has 0 aliphatic heterocycles. The van der Waals surface area contributed by atoms with Gasteiger partial charge in [0.1, 0.15) is 0 Å². The van der Waals surface area contributed by atoms with Crippen LogP contribution in [0.25, 0.3) is 10.9 Å². The summed E-state index contributed by atoms with van der Waals surface area (Å²) in [5.74, 6) is 0.0545. The predicted molar refractivity (Wildman–Crippen MR) is 112 cm³/mol. The van der Waals surface area contributed by atoms with Crippen LogP contribution >= 0.6 is 11.8 Å². The molecule has 0 fully saturated rings. The normalized spacial score (nSPS) is 12.5. The first-order valence-electron chi connectivity index (χ1n) is 9.09. The van der Waals surface area contributed by atoms with Gasteiger partial charge in [-0.3, -0.25) is 14.2 Å². The molecule has 0 aliphatic rings. The fraction of sp³-hybridized carbons (Fsp3) is 0.318. The van der Waals surface area contributed by atoms with Crippen LogP contribution in [0.1, 0.15) is 48.3 Å². The first-order chi connectivity index (χ1) is 12.8. The largest absolute Gasteiger partial charge is 0.293 e. The average molecular weight is 381 g/mol. The minimum absolute atomic E-state index is 0.0416. The van der Waals surface area contributed by atoms with Gasteiger partial charge in [-0.1, -0.05) is 41.6 Å². The number of thioether (sulfide) groups is 1. The van der Waals surface area contributed by atoms with E-state index in [9.17, 15) is 9.59 Å². The Bertz CT molecular complexity index is 1070. The molecule has 2 aromatic carbocycles. The summed E-state index contributed by atoms with van der Waals surface area (Å²) in [5.41, 5.74) is 3.35. The van der Waals surface area contributed by atoms with Gasteiger partial charge in [-0.15, -0.1) is 0 Å². The Hall–Kier alpha value is -2.40. The summed E-state index contributed by atoms with van der Waals surface area (Å²) in [7, 11) is 0. The lowest BCUT2D eigenvalue weighted by molar-refractivity contribution is 0.0993. The molecule has 1 aromatic heterocycles. The second kappa shape index (κ2) is 7.69. The fourth-order valence-electron chi connectivity index (χ4n) is 3.10. The highest BCUT2D eigenvalue weighted by molar-refractivity contribution is 8.00. The Morgan fingerprint density at radius 3 is 2.48 bits per heavy atom. The van der Waals surface area contributed by atoms with Gasteiger partial charge in [0.2, 0.25) is 0 Å². The van der Waals surface area contributed by atoms with E-state index < -0.39 is 0 Å². The Balaban J connectivity index is 2.03. The van der Waals surface area contributed by atoms with Crippen LogP contribution in [-0.2, 0) is 0 Å². The number of ketones is 1. The number of carbonyl (C=O) groups is 1. The van der Waals surface area contributed by atoms with Crippen molar-refractivity contribution in [2.24, 2.45) is 0 Å². The van der Waals surface area contributed by atoms with Gasteiger partial charge in [0.15, 0.2) is 10.9 Å². The SMILES string of the molecule is Cc1ccc(C)c(C(=O)[C@H](C)Sc2nc3ccccc3c(=O)n2C(C)C)c1. The van der Waals surface area contributed by atoms with Crippen LogP contribution in [0.15, 0.2) is 52.4 Å². The number of aryl methyl sites for hydroxylation is 2. The molecule has 27 heavy (non-hydrogen) atoms. The highest BCUT2D eigenvalue weighted by Crippen LogP contribution is 2.27. The third-order valence-electron chi connectivity index (χ3n) is 4.60. The maximum Gasteiger partial charge on any atom is 0.262 e. The number of fused-ring (bicyclic) bond motifs is 1. The van der Waals surface area contributed by atoms with Crippen LogP contribution < -0.4 is 5.56 Å². The summed E-state index contributed by atoms with van der Waals surface area (Å²) < 4.78 is 1.68. The molecule has 0 bridgehead atoms. The second-order valence-electron chi connectivity index (χ2n) is 7.12. The molecule has 0 amide bonds. The average Bonchev–Trinajstić information content (AvgIpc) is 2.63. The van der Waals surface area contributed by atoms with Crippen molar-refractivity contribution in [2.45, 2.75) is 51.1 Å². The molecular weight excluding hydrogens is 356 g/mol. The summed E-state index contributed by atoms with van der Waals surface area (Å²) >= 11 is 1.35. The fourth-order valence-corrected chi connectivity index (χ4v) is 4.20. The molecule has 0 N–H and O–H groups in total. The van der Waals surface area contributed by atoms with E-state index in [0.717, 1.165) is 16.7 Å². The standard InChI is InChI=1S/C22H24N2O2S/c1-13(2)24-21(26)17-8-6-7-9-19(17)23-22(24)27-16(5)20(25)18-12-14(3)10-11-15(18)4/h6-13,16H,1-5H3/t16-/m0/s1. The van der Waals surface area contributed by atoms with Gasteiger partial charge < -0.3 is 0 Å². The lowest BCUT2D eigenvalue weighted by Gasteiger charge is -2.19. The summed E-state index contributed by atoms with van der Waals surface area (Å²) in [6.07, 6.45) is 0. The molecule has 0 radical (unpaired) electrons. The first kappa shape index (κ1) is 19.4. The number of aromatic nitrogens is 2. The van der Waals surface area contributed by atoms with Crippen molar-refractivity contribution in [3.8, 4) is 0 Å². The van der Waals surface area contributed by atoms with Gasteiger partial charge in [-0.05, 0) is 58.4 Å². The summed E-state index contributed by atoms with van der Waals surface area (Å²) in [4.78, 5) is 30.6. The number of carbonyl (C=O) groups excluding carboxylic acids is 1. The van der Waals surface area contributed by atoms with E-state index in [2.05, 4.69) is 4.98 Å². The smallest absolute Gasteiger partial charge is 0.262 e. The Morgan fingerprint density at radius 2 is 1.78 bits per heavy atom. The number of para-hydroxylation sites is 1. The molecule has 0 aliphatic carbocycles. The maximum atomic E-state index is 13.0. The van der Waals surface area contributed by atoms with E-state index in [1.165, 1.54) is 11.8 Å². The van der Waals surface area contributed by atoms with Crippen LogP contribution in [0.3, 0.4) is 0 Å². The third-order valence-corrected chi connectivity index (χ3v) is 5.67. The second-order valence-corrected chi connectivity index (χ2v) is 8.43. The number of nitrogens with zero attached hydrogens (tertiary/aromatic N) is 2. The maximum absolute atomic E-state index is 13.0. The molecule has 1 atom stereocenters. The molecule has 1 heterocycles. The molecule has 4 nitrogen and oxygen atoms in total. The molecule has 0 spiro atoms. The van der Waals surface area contributed by atoms with Gasteiger partial charge in [0, 0.05) is 11.6 Å². The molecule has 140 valence electrons. The van der Waals surface area contributed by atoms with Crippen molar-refractivity contribution in [2.75, 3.05) is 0 Å². The van der Waals surface area contributed by atoms with Crippen molar-refractivity contribution >= 4 is 28.4 Å². The van der Waals surface area contributed by atoms with Crippen LogP contribution in [0.2, 0.25) is 0 Å². The molecule has 0 saturated heterocycles. The van der Waals surface area contributed by atoms with Gasteiger partial charge >= 0.3 is 0 Å². The minimum atomic E-state index is -0.344. The van der Waals surface area contributed by atoms with E-state index in [-0.39, 0.29) is 22.6 Å². The first-order valence-corrected chi connectivity index (χ1v) is 9.97. The summed E-state index contributed by atoms with van der Waals surface area (Å²) in [6.45, 7) is 9.72. The number of benzene rings is 2. The van der Waals surface area contributed by atoms with Crippen molar-refractivity contribution in [3.63, 3.8) is 0 Å². The van der Waals surface area contributed by atoms with Crippen LogP contribution in [0.4, 0.5) is 0 Å². The van der Waals surface area contributed by atoms with Crippen molar-refractivity contribution < 1.29 is 4.79 Å². The summed E-state index contributed by atoms with van der Waals surface area (Å²) in [6, 6.07) is 13.2. The lowest BCUT2D eigenvalue weighted by atomic mass is 10.0. The van der Waals surface area contributed by atoms with E-state index in [1.807, 2.05) is 71.0 Å². The van der Waals surface area contributed by atoms with Gasteiger partial charge in [0.25, 0.3) is 5.56 Å². The van der Waals surface area contributed by atoms with Crippen molar-refractivity contribution in [1.29, 1.82) is 0 Å². The highest BCUT2D eigenvalue weighted by atomic mass is 32.2. The van der Waals surface area contributed by atoms with Crippen LogP contribution in [-0.4, -0.2) is 20.6 Å². The Morgan fingerprint density at radius 1 is 1.07 bits per heavy atom. The Kier molecular flexibility index (Phi) is 5.51. The lowest BCUT2D eigenvalue weighted by Crippen LogP contribution is -2.26. The van der Waals surface area contributed by atoms with E-state index in [1.54, 1.807) is 10.6 Å². The number of hydrogen-bond acceptors (Lipinski definition) is 4. The third kappa shape index (κ3) is 3.83. The zero-order valence-electron chi connectivity index (χ0n) is 16.3. The summed E-state index contributed by atoms with van der Waals surface area (Å²) in [5, 5.41) is 0.840. The Labute approximate surface area is 163 Å². The molecule has 5 heteroatoms. The van der Waals surface area contributed by atoms with Crippen molar-refractivity contribution in [1.82, 2.24) is 9.55 Å². The highest BCUT2D eigenvalue weighted by Gasteiger charge is 2.22. The van der Waals surface area contributed by atoms with Crippen LogP contribution in [0, 0.1) is 13.8 Å². The van der Waals surface area contributed by atoms with E-state index >= 15 is 0 Å². The van der Waals surface area contributed by atoms with E-state index in [0.29, 0.717) is 16.1 Å². The molecule has 0 unspecified atom stereocenters. The predicted octanol–water partition coefficient (Wildman–Crippen LogP) is 4.96. The topological polar surface area (TPSA) is 52.0 Å². The molecule has 0 saturated carbocycles. The number of rotatable bonds is 5. The molecule has 3 aromatic rings. The van der Waals surface area contributed by atoms with Crippen LogP contribution in [0.5, 0.6) is 0 Å². The van der Waals surface area contributed by atoms with Crippen molar-refractivity contribution in [3.05, 3.63) is 69.5 Å². The molecular formula is C22H24N2O2S. The molecule has 3 rings (SSSR count). The van der Waals surface area contributed by atoms with Gasteiger partial charge in [0.05, 0.1) is 16.2 Å².